The number of aliphatic hydroxyl groups is 1. The summed E-state index contributed by atoms with van der Waals surface area (Å²) in [6.07, 6.45) is 4.30. The quantitative estimate of drug-likeness (QED) is 0.907. The van der Waals surface area contributed by atoms with Crippen molar-refractivity contribution < 1.29 is 9.90 Å². The normalized spacial score (nSPS) is 20.2. The Kier molecular flexibility index (Phi) is 5.00. The first kappa shape index (κ1) is 16.7. The van der Waals surface area contributed by atoms with Gasteiger partial charge in [0.05, 0.1) is 0 Å². The van der Waals surface area contributed by atoms with E-state index < -0.39 is 0 Å². The minimum Gasteiger partial charge on any atom is -0.396 e. The van der Waals surface area contributed by atoms with Crippen LogP contribution in [0.1, 0.15) is 37.8 Å². The third kappa shape index (κ3) is 3.51. The van der Waals surface area contributed by atoms with Gasteiger partial charge in [-0.15, -0.1) is 0 Å². The molecule has 1 aromatic rings. The number of aromatic nitrogens is 1. The number of amides is 1. The second kappa shape index (κ2) is 7.18. The fourth-order valence-corrected chi connectivity index (χ4v) is 3.85. The summed E-state index contributed by atoms with van der Waals surface area (Å²) in [7, 11) is 0. The molecule has 0 radical (unpaired) electrons. The van der Waals surface area contributed by atoms with Crippen LogP contribution in [0.15, 0.2) is 18.2 Å². The number of nitrogens with zero attached hydrogens (tertiary/aromatic N) is 4. The molecular weight excluding hydrogens is 304 g/mol. The zero-order chi connectivity index (χ0) is 17.0. The van der Waals surface area contributed by atoms with E-state index in [4.69, 9.17) is 10.4 Å². The van der Waals surface area contributed by atoms with Gasteiger partial charge in [0.15, 0.2) is 0 Å². The Hall–Kier alpha value is -2.13. The third-order valence-corrected chi connectivity index (χ3v) is 5.33. The second-order valence-corrected chi connectivity index (χ2v) is 6.87. The van der Waals surface area contributed by atoms with E-state index in [0.29, 0.717) is 25.1 Å². The summed E-state index contributed by atoms with van der Waals surface area (Å²) in [4.78, 5) is 20.6. The Bertz CT molecular complexity index is 632. The minimum absolute atomic E-state index is 0.130. The SMILES string of the molecule is N#Cc1cccc(N2CCC3(CCC(=O)N(CCCO)C3)CC2)n1. The molecule has 1 N–H and O–H groups in total. The first-order valence-corrected chi connectivity index (χ1v) is 8.67. The van der Waals surface area contributed by atoms with Gasteiger partial charge in [-0.05, 0) is 43.2 Å². The smallest absolute Gasteiger partial charge is 0.222 e. The van der Waals surface area contributed by atoms with Gasteiger partial charge in [0.1, 0.15) is 17.6 Å². The molecule has 3 rings (SSSR count). The number of hydrogen-bond acceptors (Lipinski definition) is 5. The van der Waals surface area contributed by atoms with E-state index in [2.05, 4.69) is 16.0 Å². The lowest BCUT2D eigenvalue weighted by atomic mass is 9.72. The Labute approximate surface area is 142 Å². The molecular formula is C18H24N4O2. The Balaban J connectivity index is 1.63. The van der Waals surface area contributed by atoms with Gasteiger partial charge in [0, 0.05) is 39.2 Å². The molecule has 6 nitrogen and oxygen atoms in total. The van der Waals surface area contributed by atoms with E-state index in [1.165, 1.54) is 0 Å². The first-order valence-electron chi connectivity index (χ1n) is 8.67. The Morgan fingerprint density at radius 3 is 2.79 bits per heavy atom. The van der Waals surface area contributed by atoms with E-state index in [-0.39, 0.29) is 17.9 Å². The molecule has 6 heteroatoms. The number of anilines is 1. The lowest BCUT2D eigenvalue weighted by Gasteiger charge is -2.47. The Morgan fingerprint density at radius 1 is 1.29 bits per heavy atom. The number of pyridine rings is 1. The predicted octanol–water partition coefficient (Wildman–Crippen LogP) is 1.54. The van der Waals surface area contributed by atoms with Gasteiger partial charge in [-0.1, -0.05) is 6.07 Å². The first-order chi connectivity index (χ1) is 11.7. The molecule has 2 fully saturated rings. The van der Waals surface area contributed by atoms with Gasteiger partial charge >= 0.3 is 0 Å². The zero-order valence-electron chi connectivity index (χ0n) is 13.9. The molecule has 0 saturated carbocycles. The highest BCUT2D eigenvalue weighted by atomic mass is 16.3. The highest BCUT2D eigenvalue weighted by molar-refractivity contribution is 5.77. The minimum atomic E-state index is 0.130. The van der Waals surface area contributed by atoms with Gasteiger partial charge in [-0.3, -0.25) is 4.79 Å². The van der Waals surface area contributed by atoms with Crippen molar-refractivity contribution in [3.63, 3.8) is 0 Å². The summed E-state index contributed by atoms with van der Waals surface area (Å²) in [6.45, 7) is 3.41. The molecule has 0 atom stereocenters. The maximum Gasteiger partial charge on any atom is 0.222 e. The summed E-state index contributed by atoms with van der Waals surface area (Å²) in [5, 5.41) is 18.0. The topological polar surface area (TPSA) is 80.5 Å². The van der Waals surface area contributed by atoms with Crippen LogP contribution < -0.4 is 4.90 Å². The highest BCUT2D eigenvalue weighted by Gasteiger charge is 2.40. The van der Waals surface area contributed by atoms with Crippen LogP contribution in [0, 0.1) is 16.7 Å². The van der Waals surface area contributed by atoms with Crippen molar-refractivity contribution in [2.45, 2.75) is 32.1 Å². The van der Waals surface area contributed by atoms with Crippen LogP contribution in [0.2, 0.25) is 0 Å². The average molecular weight is 328 g/mol. The van der Waals surface area contributed by atoms with Gasteiger partial charge in [0.2, 0.25) is 5.91 Å². The van der Waals surface area contributed by atoms with Crippen LogP contribution in [0.5, 0.6) is 0 Å². The molecule has 2 aliphatic heterocycles. The molecule has 0 bridgehead atoms. The molecule has 1 amide bonds. The van der Waals surface area contributed by atoms with Crippen LogP contribution in [0.25, 0.3) is 0 Å². The lowest BCUT2D eigenvalue weighted by Crippen LogP contribution is -2.51. The van der Waals surface area contributed by atoms with Crippen molar-refractivity contribution in [2.75, 3.05) is 37.7 Å². The summed E-state index contributed by atoms with van der Waals surface area (Å²) in [6, 6.07) is 7.65. The van der Waals surface area contributed by atoms with Crippen molar-refractivity contribution in [3.8, 4) is 6.07 Å². The predicted molar refractivity (Wildman–Crippen MR) is 90.3 cm³/mol. The number of hydrogen-bond donors (Lipinski definition) is 1. The van der Waals surface area contributed by atoms with Gasteiger partial charge in [-0.2, -0.15) is 5.26 Å². The fourth-order valence-electron chi connectivity index (χ4n) is 3.85. The van der Waals surface area contributed by atoms with Crippen molar-refractivity contribution in [1.82, 2.24) is 9.88 Å². The number of carbonyl (C=O) groups is 1. The largest absolute Gasteiger partial charge is 0.396 e. The van der Waals surface area contributed by atoms with Crippen LogP contribution in [0.3, 0.4) is 0 Å². The lowest BCUT2D eigenvalue weighted by molar-refractivity contribution is -0.138. The standard InChI is InChI=1S/C18H24N4O2/c19-13-15-3-1-4-16(20-15)21-10-7-18(8-11-21)6-5-17(24)22(14-18)9-2-12-23/h1,3-4,23H,2,5-12,14H2. The number of rotatable bonds is 4. The molecule has 0 aliphatic carbocycles. The van der Waals surface area contributed by atoms with Gasteiger partial charge in [-0.25, -0.2) is 4.98 Å². The highest BCUT2D eigenvalue weighted by Crippen LogP contribution is 2.40. The molecule has 128 valence electrons. The maximum absolute atomic E-state index is 12.1. The third-order valence-electron chi connectivity index (χ3n) is 5.33. The zero-order valence-corrected chi connectivity index (χ0v) is 13.9. The molecule has 1 spiro atoms. The van der Waals surface area contributed by atoms with Crippen molar-refractivity contribution in [2.24, 2.45) is 5.41 Å². The monoisotopic (exact) mass is 328 g/mol. The van der Waals surface area contributed by atoms with Crippen LogP contribution in [-0.2, 0) is 4.79 Å². The summed E-state index contributed by atoms with van der Waals surface area (Å²) in [5.74, 6) is 1.09. The maximum atomic E-state index is 12.1. The van der Waals surface area contributed by atoms with Gasteiger partial charge in [0.25, 0.3) is 0 Å². The second-order valence-electron chi connectivity index (χ2n) is 6.87. The van der Waals surface area contributed by atoms with E-state index in [9.17, 15) is 4.79 Å². The average Bonchev–Trinajstić information content (AvgIpc) is 2.63. The summed E-state index contributed by atoms with van der Waals surface area (Å²) in [5.41, 5.74) is 0.651. The van der Waals surface area contributed by atoms with Crippen molar-refractivity contribution in [1.29, 1.82) is 5.26 Å². The van der Waals surface area contributed by atoms with Crippen LogP contribution >= 0.6 is 0 Å². The molecule has 2 saturated heterocycles. The summed E-state index contributed by atoms with van der Waals surface area (Å²) >= 11 is 0. The van der Waals surface area contributed by atoms with Crippen LogP contribution in [-0.4, -0.2) is 53.7 Å². The molecule has 24 heavy (non-hydrogen) atoms. The number of nitriles is 1. The molecule has 0 aromatic carbocycles. The molecule has 0 unspecified atom stereocenters. The summed E-state index contributed by atoms with van der Waals surface area (Å²) < 4.78 is 0. The Morgan fingerprint density at radius 2 is 2.08 bits per heavy atom. The number of carbonyl (C=O) groups excluding carboxylic acids is 1. The molecule has 3 heterocycles. The number of likely N-dealkylation sites (tertiary alicyclic amines) is 1. The molecule has 2 aliphatic rings. The van der Waals surface area contributed by atoms with E-state index in [1.807, 2.05) is 17.0 Å². The van der Waals surface area contributed by atoms with E-state index in [0.717, 1.165) is 44.7 Å². The van der Waals surface area contributed by atoms with Crippen LogP contribution in [0.4, 0.5) is 5.82 Å². The number of aliphatic hydroxyl groups excluding tert-OH is 1. The van der Waals surface area contributed by atoms with Crippen molar-refractivity contribution in [3.05, 3.63) is 23.9 Å². The van der Waals surface area contributed by atoms with Gasteiger partial charge < -0.3 is 14.9 Å². The van der Waals surface area contributed by atoms with Crippen molar-refractivity contribution >= 4 is 11.7 Å². The van der Waals surface area contributed by atoms with E-state index in [1.54, 1.807) is 6.07 Å². The fraction of sp³-hybridized carbons (Fsp3) is 0.611. The molecule has 1 aromatic heterocycles. The van der Waals surface area contributed by atoms with E-state index >= 15 is 0 Å². The number of piperidine rings is 2.